The Bertz CT molecular complexity index is 642. The number of benzene rings is 1. The summed E-state index contributed by atoms with van der Waals surface area (Å²) < 4.78 is 1.55. The van der Waals surface area contributed by atoms with E-state index in [2.05, 4.69) is 37.1 Å². The number of carboxylic acid groups (broad SMARTS) is 1. The second-order valence-corrected chi connectivity index (χ2v) is 4.92. The van der Waals surface area contributed by atoms with Gasteiger partial charge < -0.3 is 5.11 Å². The van der Waals surface area contributed by atoms with Crippen LogP contribution in [0.4, 0.5) is 0 Å². The van der Waals surface area contributed by atoms with E-state index in [9.17, 15) is 4.79 Å². The fraction of sp³-hybridized carbons (Fsp3) is 0.333. The first-order valence-electron chi connectivity index (χ1n) is 6.23. The van der Waals surface area contributed by atoms with E-state index in [-0.39, 0.29) is 6.54 Å². The van der Waals surface area contributed by atoms with E-state index in [4.69, 9.17) is 5.11 Å². The van der Waals surface area contributed by atoms with Crippen LogP contribution >= 0.6 is 0 Å². The van der Waals surface area contributed by atoms with E-state index in [1.54, 1.807) is 4.68 Å². The first-order chi connectivity index (χ1) is 8.90. The van der Waals surface area contributed by atoms with E-state index in [1.807, 2.05) is 13.8 Å². The van der Waals surface area contributed by atoms with E-state index in [1.165, 1.54) is 11.1 Å². The van der Waals surface area contributed by atoms with Crippen molar-refractivity contribution in [1.82, 2.24) is 9.78 Å². The Balaban J connectivity index is 2.59. The number of nitrogens with zero attached hydrogens (tertiary/aromatic N) is 2. The average molecular weight is 258 g/mol. The number of carbonyl (C=O) groups is 1. The molecule has 0 radical (unpaired) electrons. The largest absolute Gasteiger partial charge is 0.480 e. The van der Waals surface area contributed by atoms with Gasteiger partial charge in [0.1, 0.15) is 6.54 Å². The highest BCUT2D eigenvalue weighted by Gasteiger charge is 2.16. The van der Waals surface area contributed by atoms with Crippen LogP contribution in [0.25, 0.3) is 11.1 Å². The molecule has 100 valence electrons. The maximum absolute atomic E-state index is 10.8. The molecule has 2 rings (SSSR count). The summed E-state index contributed by atoms with van der Waals surface area (Å²) in [4.78, 5) is 10.8. The minimum atomic E-state index is -0.877. The maximum Gasteiger partial charge on any atom is 0.325 e. The molecule has 0 saturated heterocycles. The zero-order valence-corrected chi connectivity index (χ0v) is 11.7. The molecule has 1 N–H and O–H groups in total. The van der Waals surface area contributed by atoms with Crippen LogP contribution in [-0.2, 0) is 11.3 Å². The zero-order chi connectivity index (χ0) is 14.2. The minimum absolute atomic E-state index is 0.0997. The number of hydrogen-bond acceptors (Lipinski definition) is 2. The fourth-order valence-electron chi connectivity index (χ4n) is 2.37. The van der Waals surface area contributed by atoms with E-state index < -0.39 is 5.97 Å². The third-order valence-corrected chi connectivity index (χ3v) is 3.33. The van der Waals surface area contributed by atoms with Gasteiger partial charge in [0.2, 0.25) is 0 Å². The molecule has 0 bridgehead atoms. The van der Waals surface area contributed by atoms with Crippen LogP contribution in [0.5, 0.6) is 0 Å². The number of hydrogen-bond donors (Lipinski definition) is 1. The molecule has 1 aromatic heterocycles. The van der Waals surface area contributed by atoms with Crippen LogP contribution in [0.2, 0.25) is 0 Å². The third-order valence-electron chi connectivity index (χ3n) is 3.33. The van der Waals surface area contributed by atoms with Crippen LogP contribution < -0.4 is 0 Å². The first-order valence-corrected chi connectivity index (χ1v) is 6.23. The molecule has 0 atom stereocenters. The van der Waals surface area contributed by atoms with Crippen molar-refractivity contribution in [3.05, 3.63) is 40.7 Å². The molecule has 1 aromatic carbocycles. The van der Waals surface area contributed by atoms with Crippen molar-refractivity contribution in [3.63, 3.8) is 0 Å². The molecule has 0 fully saturated rings. The van der Waals surface area contributed by atoms with Gasteiger partial charge in [-0.15, -0.1) is 0 Å². The van der Waals surface area contributed by atoms with E-state index in [0.29, 0.717) is 0 Å². The molecule has 0 spiro atoms. The minimum Gasteiger partial charge on any atom is -0.480 e. The summed E-state index contributed by atoms with van der Waals surface area (Å²) in [5.74, 6) is -0.877. The van der Waals surface area contributed by atoms with Crippen LogP contribution in [0.15, 0.2) is 18.2 Å². The highest BCUT2D eigenvalue weighted by molar-refractivity contribution is 5.73. The maximum atomic E-state index is 10.8. The monoisotopic (exact) mass is 258 g/mol. The summed E-state index contributed by atoms with van der Waals surface area (Å²) in [5, 5.41) is 13.2. The normalized spacial score (nSPS) is 10.7. The molecule has 19 heavy (non-hydrogen) atoms. The van der Waals surface area contributed by atoms with Crippen LogP contribution in [0.1, 0.15) is 22.5 Å². The molecule has 4 nitrogen and oxygen atoms in total. The molecule has 4 heteroatoms. The van der Waals surface area contributed by atoms with Gasteiger partial charge in [0.05, 0.1) is 5.69 Å². The van der Waals surface area contributed by atoms with Crippen LogP contribution in [0, 0.1) is 27.7 Å². The second kappa shape index (κ2) is 4.88. The van der Waals surface area contributed by atoms with Gasteiger partial charge >= 0.3 is 5.97 Å². The van der Waals surface area contributed by atoms with Gasteiger partial charge in [-0.3, -0.25) is 9.48 Å². The topological polar surface area (TPSA) is 55.1 Å². The smallest absolute Gasteiger partial charge is 0.325 e. The predicted molar refractivity (Wildman–Crippen MR) is 74.2 cm³/mol. The lowest BCUT2D eigenvalue weighted by atomic mass is 9.97. The number of aromatic nitrogens is 2. The highest BCUT2D eigenvalue weighted by atomic mass is 16.4. The van der Waals surface area contributed by atoms with Crippen molar-refractivity contribution in [2.75, 3.05) is 0 Å². The Morgan fingerprint density at radius 3 is 2.58 bits per heavy atom. The molecule has 1 heterocycles. The van der Waals surface area contributed by atoms with Gasteiger partial charge in [0.25, 0.3) is 0 Å². The quantitative estimate of drug-likeness (QED) is 0.921. The Labute approximate surface area is 112 Å². The molecule has 0 aliphatic carbocycles. The molecule has 0 aliphatic heterocycles. The lowest BCUT2D eigenvalue weighted by Crippen LogP contribution is -2.11. The van der Waals surface area contributed by atoms with E-state index >= 15 is 0 Å². The standard InChI is InChI=1S/C15H18N2O2/c1-9-5-6-10(2)13(7-9)15-11(3)16-17(12(15)4)8-14(18)19/h5-7H,8H2,1-4H3,(H,18,19). The van der Waals surface area contributed by atoms with Crippen molar-refractivity contribution in [1.29, 1.82) is 0 Å². The summed E-state index contributed by atoms with van der Waals surface area (Å²) in [6.07, 6.45) is 0. The lowest BCUT2D eigenvalue weighted by Gasteiger charge is -2.08. The lowest BCUT2D eigenvalue weighted by molar-refractivity contribution is -0.137. The molecule has 2 aromatic rings. The van der Waals surface area contributed by atoms with Crippen molar-refractivity contribution < 1.29 is 9.90 Å². The second-order valence-electron chi connectivity index (χ2n) is 4.92. The number of carboxylic acids is 1. The number of rotatable bonds is 3. The molecular formula is C15H18N2O2. The fourth-order valence-corrected chi connectivity index (χ4v) is 2.37. The van der Waals surface area contributed by atoms with Gasteiger partial charge in [-0.05, 0) is 38.8 Å². The summed E-state index contributed by atoms with van der Waals surface area (Å²) >= 11 is 0. The van der Waals surface area contributed by atoms with Crippen molar-refractivity contribution in [3.8, 4) is 11.1 Å². The number of aryl methyl sites for hydroxylation is 3. The molecule has 0 amide bonds. The summed E-state index contributed by atoms with van der Waals surface area (Å²) in [6.45, 7) is 7.84. The van der Waals surface area contributed by atoms with Crippen LogP contribution in [0.3, 0.4) is 0 Å². The van der Waals surface area contributed by atoms with Crippen molar-refractivity contribution >= 4 is 5.97 Å². The van der Waals surface area contributed by atoms with Crippen molar-refractivity contribution in [2.45, 2.75) is 34.2 Å². The van der Waals surface area contributed by atoms with Crippen molar-refractivity contribution in [2.24, 2.45) is 0 Å². The molecule has 0 unspecified atom stereocenters. The zero-order valence-electron chi connectivity index (χ0n) is 11.7. The Kier molecular flexibility index (Phi) is 3.42. The highest BCUT2D eigenvalue weighted by Crippen LogP contribution is 2.30. The Hall–Kier alpha value is -2.10. The van der Waals surface area contributed by atoms with Gasteiger partial charge in [0, 0.05) is 11.3 Å². The van der Waals surface area contributed by atoms with E-state index in [0.717, 1.165) is 22.5 Å². The summed E-state index contributed by atoms with van der Waals surface area (Å²) in [7, 11) is 0. The number of aliphatic carboxylic acids is 1. The third kappa shape index (κ3) is 2.52. The average Bonchev–Trinajstić information content (AvgIpc) is 2.57. The van der Waals surface area contributed by atoms with Gasteiger partial charge in [-0.25, -0.2) is 0 Å². The van der Waals surface area contributed by atoms with Gasteiger partial charge in [-0.2, -0.15) is 5.10 Å². The molecule has 0 saturated carbocycles. The molecule has 0 aliphatic rings. The Morgan fingerprint density at radius 1 is 1.26 bits per heavy atom. The SMILES string of the molecule is Cc1ccc(C)c(-c2c(C)nn(CC(=O)O)c2C)c1. The van der Waals surface area contributed by atoms with Gasteiger partial charge in [-0.1, -0.05) is 23.8 Å². The first kappa shape index (κ1) is 13.3. The predicted octanol–water partition coefficient (Wildman–Crippen LogP) is 2.87. The molecular weight excluding hydrogens is 240 g/mol. The van der Waals surface area contributed by atoms with Crippen LogP contribution in [-0.4, -0.2) is 20.9 Å². The van der Waals surface area contributed by atoms with Gasteiger partial charge in [0.15, 0.2) is 0 Å². The summed E-state index contributed by atoms with van der Waals surface area (Å²) in [6, 6.07) is 6.28. The Morgan fingerprint density at radius 2 is 1.95 bits per heavy atom. The summed E-state index contributed by atoms with van der Waals surface area (Å²) in [5.41, 5.74) is 6.30.